The third-order valence-corrected chi connectivity index (χ3v) is 6.36. The number of hydrogen-bond donors (Lipinski definition) is 1. The highest BCUT2D eigenvalue weighted by molar-refractivity contribution is 5.81. The lowest BCUT2D eigenvalue weighted by Crippen LogP contribution is -2.33. The van der Waals surface area contributed by atoms with Gasteiger partial charge in [0.1, 0.15) is 0 Å². The quantitative estimate of drug-likeness (QED) is 0.485. The average Bonchev–Trinajstić information content (AvgIpc) is 3.05. The normalized spacial score (nSPS) is 21.6. The van der Waals surface area contributed by atoms with Gasteiger partial charge in [-0.05, 0) is 83.3 Å². The monoisotopic (exact) mass is 364 g/mol. The maximum atomic E-state index is 10.8. The van der Waals surface area contributed by atoms with Crippen molar-refractivity contribution in [2.75, 3.05) is 0 Å². The molecule has 1 aromatic rings. The zero-order valence-electron chi connectivity index (χ0n) is 17.4. The molecular formula is C25H32O2. The maximum Gasteiger partial charge on any atom is 0.328 e. The summed E-state index contributed by atoms with van der Waals surface area (Å²) in [6.07, 6.45) is 11.1. The molecule has 0 unspecified atom stereocenters. The van der Waals surface area contributed by atoms with E-state index in [0.717, 1.165) is 18.4 Å². The molecule has 144 valence electrons. The summed E-state index contributed by atoms with van der Waals surface area (Å²) >= 11 is 0. The van der Waals surface area contributed by atoms with Crippen LogP contribution in [0.1, 0.15) is 83.4 Å². The van der Waals surface area contributed by atoms with E-state index in [4.69, 9.17) is 5.11 Å². The van der Waals surface area contributed by atoms with Crippen molar-refractivity contribution in [1.29, 1.82) is 0 Å². The lowest BCUT2D eigenvalue weighted by molar-refractivity contribution is -0.131. The third-order valence-electron chi connectivity index (χ3n) is 6.36. The molecule has 0 radical (unpaired) electrons. The highest BCUT2D eigenvalue weighted by Crippen LogP contribution is 2.47. The van der Waals surface area contributed by atoms with Crippen molar-refractivity contribution < 1.29 is 9.90 Å². The van der Waals surface area contributed by atoms with Gasteiger partial charge in [-0.1, -0.05) is 58.0 Å². The molecular weight excluding hydrogens is 332 g/mol. The van der Waals surface area contributed by atoms with E-state index in [0.29, 0.717) is 0 Å². The van der Waals surface area contributed by atoms with Crippen molar-refractivity contribution in [2.45, 2.75) is 77.6 Å². The summed E-state index contributed by atoms with van der Waals surface area (Å²) in [6.45, 7) is 11.3. The van der Waals surface area contributed by atoms with Crippen molar-refractivity contribution in [1.82, 2.24) is 0 Å². The largest absolute Gasteiger partial charge is 0.478 e. The second-order valence-electron chi connectivity index (χ2n) is 9.45. The van der Waals surface area contributed by atoms with Gasteiger partial charge in [0.15, 0.2) is 0 Å². The van der Waals surface area contributed by atoms with Crippen LogP contribution in [0.3, 0.4) is 0 Å². The fourth-order valence-corrected chi connectivity index (χ4v) is 4.53. The van der Waals surface area contributed by atoms with Crippen molar-refractivity contribution in [2.24, 2.45) is 0 Å². The summed E-state index contributed by atoms with van der Waals surface area (Å²) in [6, 6.07) is 7.09. The summed E-state index contributed by atoms with van der Waals surface area (Å²) in [4.78, 5) is 10.8. The first kappa shape index (κ1) is 19.7. The van der Waals surface area contributed by atoms with Gasteiger partial charge in [-0.15, -0.1) is 0 Å². The van der Waals surface area contributed by atoms with Crippen LogP contribution in [0.2, 0.25) is 0 Å². The number of carbonyl (C=O) groups is 1. The molecule has 0 amide bonds. The highest BCUT2D eigenvalue weighted by atomic mass is 16.4. The van der Waals surface area contributed by atoms with Gasteiger partial charge in [0.2, 0.25) is 0 Å². The Labute approximate surface area is 163 Å². The van der Waals surface area contributed by atoms with Crippen molar-refractivity contribution in [3.63, 3.8) is 0 Å². The van der Waals surface area contributed by atoms with Gasteiger partial charge in [0.25, 0.3) is 0 Å². The molecule has 0 aliphatic heterocycles. The van der Waals surface area contributed by atoms with Crippen LogP contribution in [0.5, 0.6) is 0 Å². The Hall–Kier alpha value is -2.09. The SMILES string of the molecule is C/C(C=CC1=C(c2ccc3c(c2)C(C)(C)CCC3(C)C)CCC1)=C\C(=O)O. The third kappa shape index (κ3) is 4.10. The van der Waals surface area contributed by atoms with Crippen LogP contribution in [0.15, 0.2) is 47.6 Å². The average molecular weight is 365 g/mol. The van der Waals surface area contributed by atoms with Gasteiger partial charge >= 0.3 is 5.97 Å². The number of rotatable bonds is 4. The Morgan fingerprint density at radius 2 is 1.70 bits per heavy atom. The van der Waals surface area contributed by atoms with E-state index in [1.54, 1.807) is 0 Å². The number of benzene rings is 1. The van der Waals surface area contributed by atoms with E-state index in [9.17, 15) is 4.79 Å². The lowest BCUT2D eigenvalue weighted by Gasteiger charge is -2.42. The number of fused-ring (bicyclic) bond motifs is 1. The summed E-state index contributed by atoms with van der Waals surface area (Å²) in [5, 5.41) is 8.89. The smallest absolute Gasteiger partial charge is 0.328 e. The standard InChI is InChI=1S/C25H32O2/c1-17(15-23(26)27)9-10-18-7-6-8-20(18)19-11-12-21-22(16-19)25(4,5)14-13-24(21,2)3/h9-12,15-16H,6-8,13-14H2,1-5H3,(H,26,27)/b10-9?,17-15+. The molecule has 0 atom stereocenters. The molecule has 0 saturated heterocycles. The van der Waals surface area contributed by atoms with Gasteiger partial charge in [0, 0.05) is 6.08 Å². The van der Waals surface area contributed by atoms with Crippen LogP contribution in [-0.4, -0.2) is 11.1 Å². The van der Waals surface area contributed by atoms with E-state index in [2.05, 4.69) is 52.0 Å². The first-order chi connectivity index (χ1) is 12.6. The number of hydrogen-bond acceptors (Lipinski definition) is 1. The van der Waals surface area contributed by atoms with Gasteiger partial charge in [-0.25, -0.2) is 4.79 Å². The van der Waals surface area contributed by atoms with Crippen LogP contribution >= 0.6 is 0 Å². The molecule has 0 saturated carbocycles. The summed E-state index contributed by atoms with van der Waals surface area (Å²) in [5.41, 5.74) is 8.36. The molecule has 2 aliphatic rings. The van der Waals surface area contributed by atoms with Crippen molar-refractivity contribution in [3.8, 4) is 0 Å². The molecule has 0 fully saturated rings. The molecule has 2 heteroatoms. The molecule has 0 heterocycles. The second kappa shape index (κ2) is 7.14. The topological polar surface area (TPSA) is 37.3 Å². The summed E-state index contributed by atoms with van der Waals surface area (Å²) < 4.78 is 0. The summed E-state index contributed by atoms with van der Waals surface area (Å²) in [5.74, 6) is -0.891. The fourth-order valence-electron chi connectivity index (χ4n) is 4.53. The van der Waals surface area contributed by atoms with Gasteiger partial charge in [0.05, 0.1) is 0 Å². The van der Waals surface area contributed by atoms with E-state index in [-0.39, 0.29) is 10.8 Å². The molecule has 0 aromatic heterocycles. The number of aliphatic carboxylic acids is 1. The summed E-state index contributed by atoms with van der Waals surface area (Å²) in [7, 11) is 0. The zero-order valence-corrected chi connectivity index (χ0v) is 17.4. The molecule has 1 aromatic carbocycles. The molecule has 0 bridgehead atoms. The predicted octanol–water partition coefficient (Wildman–Crippen LogP) is 6.56. The molecule has 3 rings (SSSR count). The number of allylic oxidation sites excluding steroid dienone is 5. The molecule has 2 nitrogen and oxygen atoms in total. The van der Waals surface area contributed by atoms with Gasteiger partial charge in [-0.2, -0.15) is 0 Å². The van der Waals surface area contributed by atoms with Crippen LogP contribution in [0, 0.1) is 0 Å². The van der Waals surface area contributed by atoms with E-state index < -0.39 is 5.97 Å². The lowest BCUT2D eigenvalue weighted by atomic mass is 9.63. The molecule has 1 N–H and O–H groups in total. The van der Waals surface area contributed by atoms with Crippen LogP contribution in [0.4, 0.5) is 0 Å². The van der Waals surface area contributed by atoms with Crippen LogP contribution in [0.25, 0.3) is 5.57 Å². The Balaban J connectivity index is 2.01. The molecule has 0 spiro atoms. The fraction of sp³-hybridized carbons (Fsp3) is 0.480. The van der Waals surface area contributed by atoms with Gasteiger partial charge < -0.3 is 5.11 Å². The Kier molecular flexibility index (Phi) is 5.20. The van der Waals surface area contributed by atoms with E-state index in [1.165, 1.54) is 53.2 Å². The van der Waals surface area contributed by atoms with Crippen LogP contribution < -0.4 is 0 Å². The Morgan fingerprint density at radius 1 is 1.04 bits per heavy atom. The van der Waals surface area contributed by atoms with Crippen molar-refractivity contribution >= 4 is 11.5 Å². The number of carboxylic acids is 1. The minimum Gasteiger partial charge on any atom is -0.478 e. The molecule has 27 heavy (non-hydrogen) atoms. The minimum absolute atomic E-state index is 0.219. The predicted molar refractivity (Wildman–Crippen MR) is 113 cm³/mol. The Bertz CT molecular complexity index is 847. The Morgan fingerprint density at radius 3 is 2.37 bits per heavy atom. The maximum absolute atomic E-state index is 10.8. The van der Waals surface area contributed by atoms with E-state index >= 15 is 0 Å². The molecule has 2 aliphatic carbocycles. The minimum atomic E-state index is -0.891. The van der Waals surface area contributed by atoms with E-state index in [1.807, 2.05) is 13.0 Å². The van der Waals surface area contributed by atoms with Crippen molar-refractivity contribution in [3.05, 3.63) is 64.3 Å². The second-order valence-corrected chi connectivity index (χ2v) is 9.45. The van der Waals surface area contributed by atoms with Gasteiger partial charge in [-0.3, -0.25) is 0 Å². The highest BCUT2D eigenvalue weighted by Gasteiger charge is 2.37. The first-order valence-corrected chi connectivity index (χ1v) is 10.1. The first-order valence-electron chi connectivity index (χ1n) is 10.1. The number of carboxylic acid groups (broad SMARTS) is 1. The van der Waals surface area contributed by atoms with Crippen LogP contribution in [-0.2, 0) is 15.6 Å². The zero-order chi connectivity index (χ0) is 19.8.